The number of aryl methyl sites for hydroxylation is 1. The number of carbonyl (C=O) groups excluding carboxylic acids is 1. The van der Waals surface area contributed by atoms with Gasteiger partial charge in [-0.05, 0) is 20.3 Å². The fraction of sp³-hybridized carbons (Fsp3) is 0.636. The zero-order chi connectivity index (χ0) is 13.8. The monoisotopic (exact) mass is 274 g/mol. The van der Waals surface area contributed by atoms with Gasteiger partial charge in [0, 0.05) is 12.1 Å². The lowest BCUT2D eigenvalue weighted by molar-refractivity contribution is -0.119. The second-order valence-corrected chi connectivity index (χ2v) is 6.41. The van der Waals surface area contributed by atoms with Crippen LogP contribution in [-0.2, 0) is 20.4 Å². The minimum Gasteiger partial charge on any atom is -0.360 e. The smallest absolute Gasteiger partial charge is 0.235 e. The van der Waals surface area contributed by atoms with Crippen molar-refractivity contribution in [3.8, 4) is 0 Å². The predicted molar refractivity (Wildman–Crippen MR) is 66.6 cm³/mol. The Morgan fingerprint density at radius 1 is 1.56 bits per heavy atom. The molecular weight excluding hydrogens is 256 g/mol. The lowest BCUT2D eigenvalue weighted by atomic mass is 10.3. The van der Waals surface area contributed by atoms with E-state index < -0.39 is 21.5 Å². The van der Waals surface area contributed by atoms with Crippen LogP contribution in [0.4, 0.5) is 0 Å². The molecule has 1 N–H and O–H groups in total. The zero-order valence-electron chi connectivity index (χ0n) is 10.8. The van der Waals surface area contributed by atoms with Crippen LogP contribution < -0.4 is 5.32 Å². The molecule has 102 valence electrons. The van der Waals surface area contributed by atoms with Crippen LogP contribution in [-0.4, -0.2) is 31.3 Å². The van der Waals surface area contributed by atoms with Crippen molar-refractivity contribution >= 4 is 15.7 Å². The van der Waals surface area contributed by atoms with Gasteiger partial charge in [-0.25, -0.2) is 8.42 Å². The van der Waals surface area contributed by atoms with Gasteiger partial charge >= 0.3 is 0 Å². The Bertz CT molecular complexity index is 507. The maximum absolute atomic E-state index is 11.7. The van der Waals surface area contributed by atoms with Crippen LogP contribution in [0, 0.1) is 6.92 Å². The molecule has 0 fully saturated rings. The fourth-order valence-corrected chi connectivity index (χ4v) is 2.52. The quantitative estimate of drug-likeness (QED) is 0.829. The summed E-state index contributed by atoms with van der Waals surface area (Å²) in [7, 11) is -3.52. The number of sulfone groups is 1. The van der Waals surface area contributed by atoms with E-state index in [1.165, 1.54) is 0 Å². The van der Waals surface area contributed by atoms with Gasteiger partial charge in [-0.3, -0.25) is 4.79 Å². The Balaban J connectivity index is 2.57. The number of rotatable bonds is 6. The highest BCUT2D eigenvalue weighted by Crippen LogP contribution is 2.08. The summed E-state index contributed by atoms with van der Waals surface area (Å²) in [5, 5.41) is 6.21. The van der Waals surface area contributed by atoms with Crippen molar-refractivity contribution in [2.24, 2.45) is 0 Å². The molecule has 1 heterocycles. The number of hydrogen-bond donors (Lipinski definition) is 1. The third-order valence-corrected chi connectivity index (χ3v) is 3.84. The predicted octanol–water partition coefficient (Wildman–Crippen LogP) is 0.813. The topological polar surface area (TPSA) is 89.3 Å². The number of nitrogens with one attached hydrogen (secondary N) is 1. The molecule has 0 saturated heterocycles. The van der Waals surface area contributed by atoms with E-state index in [-0.39, 0.29) is 17.6 Å². The first kappa shape index (κ1) is 14.7. The summed E-state index contributed by atoms with van der Waals surface area (Å²) in [4.78, 5) is 11.5. The van der Waals surface area contributed by atoms with Gasteiger partial charge in [-0.15, -0.1) is 0 Å². The summed E-state index contributed by atoms with van der Waals surface area (Å²) < 4.78 is 28.3. The van der Waals surface area contributed by atoms with Gasteiger partial charge in [0.25, 0.3) is 0 Å². The summed E-state index contributed by atoms with van der Waals surface area (Å²) in [6.45, 7) is 5.44. The first-order valence-corrected chi connectivity index (χ1v) is 7.56. The lowest BCUT2D eigenvalue weighted by Gasteiger charge is -2.10. The van der Waals surface area contributed by atoms with Crippen molar-refractivity contribution in [1.29, 1.82) is 0 Å². The minimum absolute atomic E-state index is 0.0276. The van der Waals surface area contributed by atoms with Crippen molar-refractivity contribution in [1.82, 2.24) is 10.5 Å². The number of nitrogens with zero attached hydrogens (tertiary/aromatic N) is 1. The molecule has 1 unspecified atom stereocenters. The highest BCUT2D eigenvalue weighted by Gasteiger charge is 2.20. The van der Waals surface area contributed by atoms with Crippen molar-refractivity contribution in [3.05, 3.63) is 17.5 Å². The normalized spacial score (nSPS) is 13.3. The van der Waals surface area contributed by atoms with Crippen molar-refractivity contribution in [2.45, 2.75) is 39.0 Å². The van der Waals surface area contributed by atoms with Gasteiger partial charge in [0.05, 0.1) is 5.69 Å². The van der Waals surface area contributed by atoms with E-state index in [9.17, 15) is 13.2 Å². The first-order valence-electron chi connectivity index (χ1n) is 5.74. The Labute approximate surface area is 107 Å². The van der Waals surface area contributed by atoms with Crippen molar-refractivity contribution in [2.75, 3.05) is 5.75 Å². The second-order valence-electron chi connectivity index (χ2n) is 4.34. The molecule has 1 aromatic heterocycles. The molecule has 6 nitrogen and oxygen atoms in total. The summed E-state index contributed by atoms with van der Waals surface area (Å²) >= 11 is 0. The van der Waals surface area contributed by atoms with Gasteiger partial charge < -0.3 is 9.84 Å². The van der Waals surface area contributed by atoms with Crippen molar-refractivity contribution in [3.63, 3.8) is 0 Å². The molecule has 0 spiro atoms. The van der Waals surface area contributed by atoms with E-state index >= 15 is 0 Å². The molecule has 0 bridgehead atoms. The van der Waals surface area contributed by atoms with Crippen LogP contribution >= 0.6 is 0 Å². The standard InChI is InChI=1S/C11H18N2O4S/c1-4-8(2)12-11(14)7-18(15,16)6-10-5-9(3)13-17-10/h5,8H,4,6-7H2,1-3H3,(H,12,14). The van der Waals surface area contributed by atoms with E-state index in [0.29, 0.717) is 5.69 Å². The maximum Gasteiger partial charge on any atom is 0.235 e. The third kappa shape index (κ3) is 4.87. The molecule has 0 aliphatic heterocycles. The molecule has 1 rings (SSSR count). The van der Waals surface area contributed by atoms with E-state index in [0.717, 1.165) is 6.42 Å². The van der Waals surface area contributed by atoms with Gasteiger partial charge in [0.1, 0.15) is 11.5 Å². The molecular formula is C11H18N2O4S. The van der Waals surface area contributed by atoms with Crippen LogP contribution in [0.5, 0.6) is 0 Å². The fourth-order valence-electron chi connectivity index (χ4n) is 1.37. The first-order chi connectivity index (χ1) is 8.32. The summed E-state index contributed by atoms with van der Waals surface area (Å²) in [5.41, 5.74) is 0.615. The molecule has 1 atom stereocenters. The van der Waals surface area contributed by atoms with Crippen LogP contribution in [0.3, 0.4) is 0 Å². The zero-order valence-corrected chi connectivity index (χ0v) is 11.6. The largest absolute Gasteiger partial charge is 0.360 e. The molecule has 0 aliphatic rings. The van der Waals surface area contributed by atoms with E-state index in [1.807, 2.05) is 13.8 Å². The minimum atomic E-state index is -3.52. The highest BCUT2D eigenvalue weighted by molar-refractivity contribution is 7.91. The summed E-state index contributed by atoms with van der Waals surface area (Å²) in [5.74, 6) is -1.07. The maximum atomic E-state index is 11.7. The average molecular weight is 274 g/mol. The number of aromatic nitrogens is 1. The number of carbonyl (C=O) groups is 1. The van der Waals surface area contributed by atoms with Crippen LogP contribution in [0.25, 0.3) is 0 Å². The Morgan fingerprint density at radius 2 is 2.22 bits per heavy atom. The molecule has 0 aromatic carbocycles. The molecule has 7 heteroatoms. The van der Waals surface area contributed by atoms with Gasteiger partial charge in [-0.1, -0.05) is 12.1 Å². The average Bonchev–Trinajstić information content (AvgIpc) is 2.61. The Morgan fingerprint density at radius 3 is 2.72 bits per heavy atom. The molecule has 0 saturated carbocycles. The summed E-state index contributed by atoms with van der Waals surface area (Å²) in [6, 6.07) is 1.52. The van der Waals surface area contributed by atoms with E-state index in [2.05, 4.69) is 10.5 Å². The number of amides is 1. The molecule has 0 aliphatic carbocycles. The molecule has 18 heavy (non-hydrogen) atoms. The molecule has 1 amide bonds. The Kier molecular flexibility index (Phi) is 4.89. The highest BCUT2D eigenvalue weighted by atomic mass is 32.2. The summed E-state index contributed by atoms with van der Waals surface area (Å²) in [6.07, 6.45) is 0.757. The molecule has 0 radical (unpaired) electrons. The van der Waals surface area contributed by atoms with Crippen LogP contribution in [0.2, 0.25) is 0 Å². The number of hydrogen-bond acceptors (Lipinski definition) is 5. The van der Waals surface area contributed by atoms with Gasteiger partial charge in [0.2, 0.25) is 5.91 Å². The van der Waals surface area contributed by atoms with Crippen molar-refractivity contribution < 1.29 is 17.7 Å². The second kappa shape index (κ2) is 5.99. The third-order valence-electron chi connectivity index (χ3n) is 2.41. The van der Waals surface area contributed by atoms with Gasteiger partial charge in [-0.2, -0.15) is 0 Å². The lowest BCUT2D eigenvalue weighted by Crippen LogP contribution is -2.36. The van der Waals surface area contributed by atoms with Gasteiger partial charge in [0.15, 0.2) is 15.6 Å². The van der Waals surface area contributed by atoms with E-state index in [4.69, 9.17) is 4.52 Å². The van der Waals surface area contributed by atoms with E-state index in [1.54, 1.807) is 13.0 Å². The van der Waals surface area contributed by atoms with Crippen LogP contribution in [0.15, 0.2) is 10.6 Å². The molecule has 1 aromatic rings. The SMILES string of the molecule is CCC(C)NC(=O)CS(=O)(=O)Cc1cc(C)no1. The van der Waals surface area contributed by atoms with Crippen LogP contribution in [0.1, 0.15) is 31.7 Å². The Hall–Kier alpha value is -1.37.